The van der Waals surface area contributed by atoms with Gasteiger partial charge in [0, 0.05) is 6.42 Å². The van der Waals surface area contributed by atoms with E-state index in [1.165, 1.54) is 0 Å². The summed E-state index contributed by atoms with van der Waals surface area (Å²) in [5.74, 6) is -1.55. The standard InChI is InChI=1S/C8H11F2O2/c1-3-4-5-8(2,6(9)10)7(11)12/h6H,1-5H2/q+1/p+1. The van der Waals surface area contributed by atoms with E-state index >= 15 is 0 Å². The summed E-state index contributed by atoms with van der Waals surface area (Å²) in [4.78, 5) is 10.4. The van der Waals surface area contributed by atoms with Crippen LogP contribution >= 0.6 is 0 Å². The maximum absolute atomic E-state index is 12.2. The van der Waals surface area contributed by atoms with Crippen molar-refractivity contribution in [1.82, 2.24) is 0 Å². The predicted octanol–water partition coefficient (Wildman–Crippen LogP) is 2.16. The first kappa shape index (κ1) is 11.1. The minimum Gasteiger partial charge on any atom is -0.477 e. The summed E-state index contributed by atoms with van der Waals surface area (Å²) in [5, 5.41) is 8.47. The molecule has 0 aromatic heterocycles. The van der Waals surface area contributed by atoms with Crippen molar-refractivity contribution in [3.05, 3.63) is 13.8 Å². The third kappa shape index (κ3) is 2.29. The quantitative estimate of drug-likeness (QED) is 0.655. The summed E-state index contributed by atoms with van der Waals surface area (Å²) in [6, 6.07) is 0. The largest absolute Gasteiger partial charge is 0.477 e. The van der Waals surface area contributed by atoms with Gasteiger partial charge in [-0.05, 0) is 6.42 Å². The van der Waals surface area contributed by atoms with Crippen LogP contribution in [-0.2, 0) is 4.79 Å². The van der Waals surface area contributed by atoms with Crippen molar-refractivity contribution in [2.24, 2.45) is 5.41 Å². The smallest absolute Gasteiger partial charge is 0.361 e. The lowest BCUT2D eigenvalue weighted by Gasteiger charge is -2.15. The lowest BCUT2D eigenvalue weighted by molar-refractivity contribution is -0.155. The zero-order valence-electron chi connectivity index (χ0n) is 6.72. The third-order valence-corrected chi connectivity index (χ3v) is 1.72. The number of unbranched alkanes of at least 4 members (excludes halogenated alkanes) is 1. The Morgan fingerprint density at radius 1 is 1.58 bits per heavy atom. The van der Waals surface area contributed by atoms with E-state index in [1.807, 2.05) is 0 Å². The van der Waals surface area contributed by atoms with E-state index in [0.29, 0.717) is 12.8 Å². The van der Waals surface area contributed by atoms with Crippen LogP contribution in [-0.4, -0.2) is 17.5 Å². The summed E-state index contributed by atoms with van der Waals surface area (Å²) in [6.07, 6.45) is -2.28. The molecular formula is C8H12F2O2+2. The Morgan fingerprint density at radius 3 is 2.33 bits per heavy atom. The van der Waals surface area contributed by atoms with Gasteiger partial charge in [0.15, 0.2) is 0 Å². The number of carboxylic acid groups (broad SMARTS) is 1. The van der Waals surface area contributed by atoms with E-state index in [1.54, 1.807) is 0 Å². The number of halogens is 2. The fourth-order valence-corrected chi connectivity index (χ4v) is 0.750. The summed E-state index contributed by atoms with van der Waals surface area (Å²) in [5.41, 5.74) is -2.16. The molecular weight excluding hydrogens is 166 g/mol. The number of hydrogen-bond donors (Lipinski definition) is 1. The predicted molar refractivity (Wildman–Crippen MR) is 40.6 cm³/mol. The molecule has 0 aliphatic rings. The molecule has 0 saturated heterocycles. The lowest BCUT2D eigenvalue weighted by Crippen LogP contribution is -2.35. The molecule has 0 spiro atoms. The second-order valence-electron chi connectivity index (χ2n) is 2.72. The summed E-state index contributed by atoms with van der Waals surface area (Å²) >= 11 is 0. The van der Waals surface area contributed by atoms with E-state index in [4.69, 9.17) is 5.11 Å². The molecule has 0 heterocycles. The highest BCUT2D eigenvalue weighted by molar-refractivity contribution is 5.75. The van der Waals surface area contributed by atoms with Crippen LogP contribution in [0.15, 0.2) is 0 Å². The SMILES string of the molecule is [CH2+]CCCC([CH2+])(C(=O)O)C(F)F. The third-order valence-electron chi connectivity index (χ3n) is 1.72. The molecule has 0 saturated carbocycles. The average Bonchev–Trinajstić information content (AvgIpc) is 1.99. The Morgan fingerprint density at radius 2 is 2.08 bits per heavy atom. The molecule has 0 fully saturated rings. The lowest BCUT2D eigenvalue weighted by atomic mass is 9.85. The molecule has 1 atom stereocenters. The molecule has 12 heavy (non-hydrogen) atoms. The highest BCUT2D eigenvalue weighted by Crippen LogP contribution is 2.31. The maximum atomic E-state index is 12.2. The van der Waals surface area contributed by atoms with Crippen molar-refractivity contribution in [3.63, 3.8) is 0 Å². The van der Waals surface area contributed by atoms with Crippen LogP contribution in [0.3, 0.4) is 0 Å². The normalized spacial score (nSPS) is 15.9. The van der Waals surface area contributed by atoms with Gasteiger partial charge in [-0.3, -0.25) is 0 Å². The zero-order chi connectivity index (χ0) is 9.78. The monoisotopic (exact) mass is 178 g/mol. The number of carboxylic acids is 1. The Hall–Kier alpha value is -0.930. The van der Waals surface area contributed by atoms with Gasteiger partial charge in [0.2, 0.25) is 0 Å². The van der Waals surface area contributed by atoms with Crippen molar-refractivity contribution < 1.29 is 18.7 Å². The van der Waals surface area contributed by atoms with E-state index < -0.39 is 17.8 Å². The van der Waals surface area contributed by atoms with E-state index in [9.17, 15) is 13.6 Å². The summed E-state index contributed by atoms with van der Waals surface area (Å²) in [7, 11) is 0. The highest BCUT2D eigenvalue weighted by atomic mass is 19.3. The van der Waals surface area contributed by atoms with Gasteiger partial charge in [0.1, 0.15) is 0 Å². The minimum atomic E-state index is -2.93. The van der Waals surface area contributed by atoms with E-state index in [0.717, 1.165) is 0 Å². The fourth-order valence-electron chi connectivity index (χ4n) is 0.750. The molecule has 1 N–H and O–H groups in total. The van der Waals surface area contributed by atoms with Gasteiger partial charge in [0.25, 0.3) is 11.8 Å². The Bertz CT molecular complexity index is 159. The second-order valence-corrected chi connectivity index (χ2v) is 2.72. The van der Waals surface area contributed by atoms with Crippen LogP contribution in [0.4, 0.5) is 8.78 Å². The maximum Gasteiger partial charge on any atom is 0.361 e. The van der Waals surface area contributed by atoms with Crippen LogP contribution in [0.1, 0.15) is 19.3 Å². The summed E-state index contributed by atoms with van der Waals surface area (Å²) in [6.45, 7) is 6.47. The van der Waals surface area contributed by atoms with Crippen molar-refractivity contribution in [3.8, 4) is 0 Å². The molecule has 68 valence electrons. The molecule has 4 heteroatoms. The van der Waals surface area contributed by atoms with E-state index in [-0.39, 0.29) is 6.42 Å². The molecule has 0 bridgehead atoms. The molecule has 0 amide bonds. The Kier molecular flexibility index (Phi) is 3.86. The Labute approximate surface area is 70.6 Å². The van der Waals surface area contributed by atoms with Crippen molar-refractivity contribution in [1.29, 1.82) is 0 Å². The topological polar surface area (TPSA) is 37.3 Å². The first-order valence-electron chi connectivity index (χ1n) is 3.61. The van der Waals surface area contributed by atoms with Crippen LogP contribution in [0.25, 0.3) is 0 Å². The molecule has 0 aromatic carbocycles. The molecule has 0 aliphatic heterocycles. The first-order chi connectivity index (χ1) is 5.45. The zero-order valence-corrected chi connectivity index (χ0v) is 6.72. The van der Waals surface area contributed by atoms with Gasteiger partial charge in [-0.2, -0.15) is 0 Å². The molecule has 1 unspecified atom stereocenters. The number of hydrogen-bond acceptors (Lipinski definition) is 1. The van der Waals surface area contributed by atoms with Gasteiger partial charge in [-0.15, -0.1) is 0 Å². The van der Waals surface area contributed by atoms with E-state index in [2.05, 4.69) is 13.8 Å². The van der Waals surface area contributed by atoms with Gasteiger partial charge >= 0.3 is 5.97 Å². The molecule has 0 aromatic rings. The highest BCUT2D eigenvalue weighted by Gasteiger charge is 2.50. The summed E-state index contributed by atoms with van der Waals surface area (Å²) < 4.78 is 24.4. The Balaban J connectivity index is 4.29. The van der Waals surface area contributed by atoms with Crippen molar-refractivity contribution in [2.75, 3.05) is 0 Å². The minimum absolute atomic E-state index is 0.135. The van der Waals surface area contributed by atoms with Crippen LogP contribution in [0, 0.1) is 19.3 Å². The molecule has 0 rings (SSSR count). The number of alkyl halides is 2. The van der Waals surface area contributed by atoms with Gasteiger partial charge in [-0.25, -0.2) is 13.6 Å². The van der Waals surface area contributed by atoms with Crippen LogP contribution < -0.4 is 0 Å². The van der Waals surface area contributed by atoms with Crippen molar-refractivity contribution in [2.45, 2.75) is 25.7 Å². The van der Waals surface area contributed by atoms with Crippen molar-refractivity contribution >= 4 is 5.97 Å². The van der Waals surface area contributed by atoms with Crippen LogP contribution in [0.2, 0.25) is 0 Å². The fraction of sp³-hybridized carbons (Fsp3) is 0.625. The second kappa shape index (κ2) is 4.18. The first-order valence-corrected chi connectivity index (χ1v) is 3.61. The number of carbonyl (C=O) groups is 1. The number of aliphatic carboxylic acids is 1. The average molecular weight is 178 g/mol. The molecule has 2 nitrogen and oxygen atoms in total. The molecule has 0 radical (unpaired) electrons. The number of rotatable bonds is 5. The van der Waals surface area contributed by atoms with Crippen LogP contribution in [0.5, 0.6) is 0 Å². The van der Waals surface area contributed by atoms with Gasteiger partial charge < -0.3 is 5.11 Å². The molecule has 0 aliphatic carbocycles. The van der Waals surface area contributed by atoms with Gasteiger partial charge in [0.05, 0.1) is 20.3 Å². The van der Waals surface area contributed by atoms with Gasteiger partial charge in [-0.1, -0.05) is 0 Å².